The number of aryl methyl sites for hydroxylation is 1. The third kappa shape index (κ3) is 6.61. The number of piperazine rings is 1. The Morgan fingerprint density at radius 2 is 1.67 bits per heavy atom. The predicted molar refractivity (Wildman–Crippen MR) is 147 cm³/mol. The van der Waals surface area contributed by atoms with Crippen molar-refractivity contribution in [2.75, 3.05) is 31.1 Å². The van der Waals surface area contributed by atoms with Gasteiger partial charge in [-0.15, -0.1) is 10.2 Å². The number of carbonyl (C=O) groups excluding carboxylic acids is 1. The largest absolute Gasteiger partial charge is 0.489 e. The number of H-pyrrole nitrogens is 1. The number of rotatable bonds is 8. The van der Waals surface area contributed by atoms with Gasteiger partial charge in [-0.1, -0.05) is 29.8 Å². The maximum Gasteiger partial charge on any atom is 0.273 e. The van der Waals surface area contributed by atoms with Crippen LogP contribution in [-0.4, -0.2) is 52.2 Å². The summed E-state index contributed by atoms with van der Waals surface area (Å²) in [5, 5.41) is 8.90. The summed E-state index contributed by atoms with van der Waals surface area (Å²) in [6.07, 6.45) is 0.375. The second-order valence-electron chi connectivity index (χ2n) is 9.20. The maximum absolute atomic E-state index is 13.2. The molecule has 5 rings (SSSR count). The van der Waals surface area contributed by atoms with Crippen LogP contribution in [0.2, 0.25) is 5.02 Å². The summed E-state index contributed by atoms with van der Waals surface area (Å²) in [6.45, 7) is 2.80. The lowest BCUT2D eigenvalue weighted by Gasteiger charge is -2.36. The number of nitrogens with zero attached hydrogens (tertiary/aromatic N) is 4. The minimum Gasteiger partial charge on any atom is -0.489 e. The molecule has 39 heavy (non-hydrogen) atoms. The average molecular weight is 548 g/mol. The van der Waals surface area contributed by atoms with Gasteiger partial charge in [-0.3, -0.25) is 9.59 Å². The van der Waals surface area contributed by atoms with Crippen molar-refractivity contribution < 1.29 is 13.9 Å². The molecule has 3 aromatic carbocycles. The fraction of sp³-hybridized carbons (Fsp3) is 0.241. The maximum atomic E-state index is 13.2. The summed E-state index contributed by atoms with van der Waals surface area (Å²) in [6, 6.07) is 21.0. The van der Waals surface area contributed by atoms with Gasteiger partial charge in [0.1, 0.15) is 23.9 Å². The van der Waals surface area contributed by atoms with Crippen molar-refractivity contribution in [3.63, 3.8) is 0 Å². The van der Waals surface area contributed by atoms with Crippen LogP contribution in [0.25, 0.3) is 11.4 Å². The SMILES string of the molecule is O=C(CCc1nnc(-c2ccc(OCc3ccccc3Cl)cc2)[nH]c1=O)N1CCN(c2ccc(F)cc2)CC1. The monoisotopic (exact) mass is 547 g/mol. The van der Waals surface area contributed by atoms with Crippen molar-refractivity contribution in [2.24, 2.45) is 0 Å². The van der Waals surface area contributed by atoms with Gasteiger partial charge in [0.05, 0.1) is 0 Å². The van der Waals surface area contributed by atoms with Crippen LogP contribution in [0.15, 0.2) is 77.6 Å². The standard InChI is InChI=1S/C29H27ClFN5O3/c30-25-4-2-1-3-21(25)19-39-24-11-5-20(6-12-24)28-32-29(38)26(33-34-28)13-14-27(37)36-17-15-35(16-18-36)23-9-7-22(31)8-10-23/h1-12H,13-19H2,(H,32,34,38). The van der Waals surface area contributed by atoms with Gasteiger partial charge in [0.25, 0.3) is 5.56 Å². The third-order valence-electron chi connectivity index (χ3n) is 6.64. The number of aromatic nitrogens is 3. The van der Waals surface area contributed by atoms with Crippen LogP contribution in [0, 0.1) is 5.82 Å². The molecule has 0 unspecified atom stereocenters. The van der Waals surface area contributed by atoms with Crippen LogP contribution in [-0.2, 0) is 17.8 Å². The molecular formula is C29H27ClFN5O3. The number of aromatic amines is 1. The topological polar surface area (TPSA) is 91.4 Å². The van der Waals surface area contributed by atoms with Crippen LogP contribution in [0.5, 0.6) is 5.75 Å². The zero-order valence-electron chi connectivity index (χ0n) is 21.1. The van der Waals surface area contributed by atoms with Crippen molar-refractivity contribution >= 4 is 23.2 Å². The lowest BCUT2D eigenvalue weighted by molar-refractivity contribution is -0.131. The van der Waals surface area contributed by atoms with Crippen LogP contribution in [0.1, 0.15) is 17.7 Å². The van der Waals surface area contributed by atoms with Crippen LogP contribution < -0.4 is 15.2 Å². The summed E-state index contributed by atoms with van der Waals surface area (Å²) in [5.74, 6) is 0.686. The summed E-state index contributed by atoms with van der Waals surface area (Å²) < 4.78 is 19.0. The van der Waals surface area contributed by atoms with E-state index in [1.165, 1.54) is 12.1 Å². The van der Waals surface area contributed by atoms with Gasteiger partial charge in [0, 0.05) is 60.9 Å². The second-order valence-corrected chi connectivity index (χ2v) is 9.61. The lowest BCUT2D eigenvalue weighted by Crippen LogP contribution is -2.48. The van der Waals surface area contributed by atoms with Gasteiger partial charge in [-0.05, 0) is 54.6 Å². The van der Waals surface area contributed by atoms with Gasteiger partial charge in [0.2, 0.25) is 5.91 Å². The Morgan fingerprint density at radius 1 is 0.949 bits per heavy atom. The first-order valence-electron chi connectivity index (χ1n) is 12.7. The smallest absolute Gasteiger partial charge is 0.273 e. The van der Waals surface area contributed by atoms with E-state index in [0.717, 1.165) is 11.3 Å². The number of hydrogen-bond acceptors (Lipinski definition) is 6. The number of amides is 1. The first-order chi connectivity index (χ1) is 19.0. The fourth-order valence-corrected chi connectivity index (χ4v) is 4.58. The number of carbonyl (C=O) groups is 1. The Bertz CT molecular complexity index is 1490. The molecule has 4 aromatic rings. The summed E-state index contributed by atoms with van der Waals surface area (Å²) >= 11 is 6.17. The van der Waals surface area contributed by atoms with E-state index in [0.29, 0.717) is 54.9 Å². The molecule has 1 aliphatic rings. The first kappa shape index (κ1) is 26.4. The molecular weight excluding hydrogens is 521 g/mol. The van der Waals surface area contributed by atoms with Crippen LogP contribution >= 0.6 is 11.6 Å². The minimum atomic E-state index is -0.368. The number of halogens is 2. The molecule has 0 radical (unpaired) electrons. The van der Waals surface area contributed by atoms with Gasteiger partial charge < -0.3 is 19.5 Å². The molecule has 0 spiro atoms. The summed E-state index contributed by atoms with van der Waals surface area (Å²) in [4.78, 5) is 32.0. The van der Waals surface area contributed by atoms with Crippen molar-refractivity contribution in [1.29, 1.82) is 0 Å². The highest BCUT2D eigenvalue weighted by atomic mass is 35.5. The molecule has 1 amide bonds. The molecule has 10 heteroatoms. The normalized spacial score (nSPS) is 13.4. The Hall–Kier alpha value is -4.24. The van der Waals surface area contributed by atoms with Crippen molar-refractivity contribution in [3.05, 3.63) is 105 Å². The van der Waals surface area contributed by atoms with Crippen molar-refractivity contribution in [1.82, 2.24) is 20.1 Å². The van der Waals surface area contributed by atoms with E-state index in [4.69, 9.17) is 16.3 Å². The molecule has 2 heterocycles. The zero-order chi connectivity index (χ0) is 27.2. The van der Waals surface area contributed by atoms with E-state index in [-0.39, 0.29) is 35.8 Å². The molecule has 0 atom stereocenters. The van der Waals surface area contributed by atoms with Gasteiger partial charge in [-0.2, -0.15) is 0 Å². The summed E-state index contributed by atoms with van der Waals surface area (Å²) in [7, 11) is 0. The minimum absolute atomic E-state index is 0.0357. The molecule has 1 fully saturated rings. The summed E-state index contributed by atoms with van der Waals surface area (Å²) in [5.41, 5.74) is 2.36. The quantitative estimate of drug-likeness (QED) is 0.350. The number of anilines is 1. The molecule has 1 aromatic heterocycles. The third-order valence-corrected chi connectivity index (χ3v) is 7.01. The second kappa shape index (κ2) is 12.1. The van der Waals surface area contributed by atoms with Crippen molar-refractivity contribution in [3.8, 4) is 17.1 Å². The highest BCUT2D eigenvalue weighted by Crippen LogP contribution is 2.22. The average Bonchev–Trinajstić information content (AvgIpc) is 2.97. The van der Waals surface area contributed by atoms with Gasteiger partial charge in [0.15, 0.2) is 5.82 Å². The molecule has 1 N–H and O–H groups in total. The van der Waals surface area contributed by atoms with Gasteiger partial charge >= 0.3 is 0 Å². The Labute approximate surface area is 230 Å². The first-order valence-corrected chi connectivity index (χ1v) is 13.0. The van der Waals surface area contributed by atoms with Gasteiger partial charge in [-0.25, -0.2) is 4.39 Å². The highest BCUT2D eigenvalue weighted by molar-refractivity contribution is 6.31. The fourth-order valence-electron chi connectivity index (χ4n) is 4.39. The van der Waals surface area contributed by atoms with Crippen molar-refractivity contribution in [2.45, 2.75) is 19.4 Å². The van der Waals surface area contributed by atoms with E-state index in [9.17, 15) is 14.0 Å². The molecule has 0 saturated carbocycles. The van der Waals surface area contributed by atoms with E-state index in [1.54, 1.807) is 41.3 Å². The molecule has 200 valence electrons. The number of ether oxygens (including phenoxy) is 1. The highest BCUT2D eigenvalue weighted by Gasteiger charge is 2.22. The Kier molecular flexibility index (Phi) is 8.17. The number of nitrogens with one attached hydrogen (secondary N) is 1. The van der Waals surface area contributed by atoms with E-state index in [1.807, 2.05) is 24.3 Å². The molecule has 8 nitrogen and oxygen atoms in total. The Balaban J connectivity index is 1.12. The van der Waals surface area contributed by atoms with E-state index >= 15 is 0 Å². The predicted octanol–water partition coefficient (Wildman–Crippen LogP) is 4.48. The zero-order valence-corrected chi connectivity index (χ0v) is 21.9. The van der Waals surface area contributed by atoms with Crippen LogP contribution in [0.4, 0.5) is 10.1 Å². The van der Waals surface area contributed by atoms with E-state index in [2.05, 4.69) is 20.1 Å². The Morgan fingerprint density at radius 3 is 2.36 bits per heavy atom. The number of benzene rings is 3. The van der Waals surface area contributed by atoms with E-state index < -0.39 is 0 Å². The molecule has 1 saturated heterocycles. The van der Waals surface area contributed by atoms with Crippen LogP contribution in [0.3, 0.4) is 0 Å². The molecule has 0 aliphatic carbocycles. The molecule has 1 aliphatic heterocycles. The number of hydrogen-bond donors (Lipinski definition) is 1. The lowest BCUT2D eigenvalue weighted by atomic mass is 10.2. The molecule has 0 bridgehead atoms.